The molecule has 0 saturated heterocycles. The third-order valence-electron chi connectivity index (χ3n) is 4.80. The van der Waals surface area contributed by atoms with Crippen LogP contribution in [0.4, 0.5) is 0 Å². The van der Waals surface area contributed by atoms with Gasteiger partial charge in [-0.3, -0.25) is 0 Å². The summed E-state index contributed by atoms with van der Waals surface area (Å²) in [7, 11) is 0. The third-order valence-corrected chi connectivity index (χ3v) is 4.80. The van der Waals surface area contributed by atoms with Gasteiger partial charge in [0, 0.05) is 40.0 Å². The SMILES string of the molecule is c1ccc(COc2ccccc2-c2cnc3[nH]cc(-c4ccoc4)c3c2)cc1. The second kappa shape index (κ2) is 7.08. The number of ether oxygens (including phenoxy) is 1. The Morgan fingerprint density at radius 3 is 2.61 bits per heavy atom. The molecule has 0 radical (unpaired) electrons. The fraction of sp³-hybridized carbons (Fsp3) is 0.0417. The first-order valence-electron chi connectivity index (χ1n) is 9.14. The van der Waals surface area contributed by atoms with E-state index in [2.05, 4.69) is 34.2 Å². The van der Waals surface area contributed by atoms with E-state index in [9.17, 15) is 0 Å². The van der Waals surface area contributed by atoms with Crippen molar-refractivity contribution in [2.75, 3.05) is 0 Å². The number of nitrogens with zero attached hydrogens (tertiary/aromatic N) is 1. The molecule has 0 aliphatic rings. The number of hydrogen-bond acceptors (Lipinski definition) is 3. The van der Waals surface area contributed by atoms with Crippen molar-refractivity contribution >= 4 is 11.0 Å². The lowest BCUT2D eigenvalue weighted by Gasteiger charge is -2.12. The van der Waals surface area contributed by atoms with Gasteiger partial charge in [0.25, 0.3) is 0 Å². The van der Waals surface area contributed by atoms with Crippen LogP contribution in [0.3, 0.4) is 0 Å². The van der Waals surface area contributed by atoms with Crippen LogP contribution in [0.1, 0.15) is 5.56 Å². The molecule has 0 unspecified atom stereocenters. The largest absolute Gasteiger partial charge is 0.488 e. The maximum absolute atomic E-state index is 6.12. The van der Waals surface area contributed by atoms with Crippen molar-refractivity contribution in [1.82, 2.24) is 9.97 Å². The molecule has 5 aromatic rings. The van der Waals surface area contributed by atoms with Gasteiger partial charge in [-0.05, 0) is 23.8 Å². The van der Waals surface area contributed by atoms with E-state index >= 15 is 0 Å². The van der Waals surface area contributed by atoms with Gasteiger partial charge in [0.2, 0.25) is 0 Å². The second-order valence-electron chi connectivity index (χ2n) is 6.60. The van der Waals surface area contributed by atoms with E-state index in [0.29, 0.717) is 6.61 Å². The molecule has 0 aliphatic heterocycles. The smallest absolute Gasteiger partial charge is 0.137 e. The van der Waals surface area contributed by atoms with Crippen LogP contribution in [0.25, 0.3) is 33.3 Å². The van der Waals surface area contributed by atoms with Gasteiger partial charge in [-0.1, -0.05) is 48.5 Å². The third kappa shape index (κ3) is 3.05. The maximum Gasteiger partial charge on any atom is 0.137 e. The first kappa shape index (κ1) is 16.4. The molecular weight excluding hydrogens is 348 g/mol. The molecule has 0 fully saturated rings. The molecule has 0 amide bonds. The fourth-order valence-corrected chi connectivity index (χ4v) is 3.37. The number of benzene rings is 2. The molecule has 0 atom stereocenters. The van der Waals surface area contributed by atoms with Gasteiger partial charge in [-0.2, -0.15) is 0 Å². The summed E-state index contributed by atoms with van der Waals surface area (Å²) in [6.07, 6.45) is 7.26. The molecule has 3 heterocycles. The van der Waals surface area contributed by atoms with Crippen LogP contribution in [0.5, 0.6) is 5.75 Å². The van der Waals surface area contributed by atoms with Gasteiger partial charge in [-0.15, -0.1) is 0 Å². The summed E-state index contributed by atoms with van der Waals surface area (Å²) in [5, 5.41) is 1.05. The lowest BCUT2D eigenvalue weighted by atomic mass is 10.0. The van der Waals surface area contributed by atoms with E-state index in [1.165, 1.54) is 0 Å². The number of rotatable bonds is 5. The normalized spacial score (nSPS) is 11.0. The predicted molar refractivity (Wildman–Crippen MR) is 110 cm³/mol. The van der Waals surface area contributed by atoms with Crippen LogP contribution in [-0.2, 0) is 6.61 Å². The van der Waals surface area contributed by atoms with Crippen molar-refractivity contribution in [2.45, 2.75) is 6.61 Å². The molecule has 0 bridgehead atoms. The zero-order chi connectivity index (χ0) is 18.8. The van der Waals surface area contributed by atoms with Gasteiger partial charge >= 0.3 is 0 Å². The highest BCUT2D eigenvalue weighted by Crippen LogP contribution is 2.34. The van der Waals surface area contributed by atoms with Crippen molar-refractivity contribution < 1.29 is 9.15 Å². The molecule has 2 aromatic carbocycles. The van der Waals surface area contributed by atoms with Crippen molar-refractivity contribution in [3.63, 3.8) is 0 Å². The Hall–Kier alpha value is -3.79. The van der Waals surface area contributed by atoms with E-state index in [1.54, 1.807) is 12.5 Å². The van der Waals surface area contributed by atoms with Crippen molar-refractivity contribution in [3.05, 3.63) is 97.2 Å². The average Bonchev–Trinajstić information content (AvgIpc) is 3.42. The number of furan rings is 1. The van der Waals surface area contributed by atoms with Crippen LogP contribution >= 0.6 is 0 Å². The van der Waals surface area contributed by atoms with E-state index in [4.69, 9.17) is 9.15 Å². The minimum Gasteiger partial charge on any atom is -0.488 e. The standard InChI is InChI=1S/C24H18N2O2/c1-2-6-17(7-3-1)15-28-23-9-5-4-8-20(23)19-12-21-22(18-10-11-27-16-18)14-26-24(21)25-13-19/h1-14,16H,15H2,(H,25,26). The molecule has 0 aliphatic carbocycles. The van der Waals surface area contributed by atoms with Crippen LogP contribution in [0.2, 0.25) is 0 Å². The average molecular weight is 366 g/mol. The summed E-state index contributed by atoms with van der Waals surface area (Å²) in [5.41, 5.74) is 6.12. The van der Waals surface area contributed by atoms with Crippen molar-refractivity contribution in [3.8, 4) is 28.0 Å². The van der Waals surface area contributed by atoms with Gasteiger partial charge < -0.3 is 14.1 Å². The van der Waals surface area contributed by atoms with Crippen LogP contribution < -0.4 is 4.74 Å². The molecule has 3 aromatic heterocycles. The minimum absolute atomic E-state index is 0.526. The highest BCUT2D eigenvalue weighted by atomic mass is 16.5. The summed E-state index contributed by atoms with van der Waals surface area (Å²) in [5.74, 6) is 0.841. The van der Waals surface area contributed by atoms with Crippen LogP contribution in [0, 0.1) is 0 Å². The van der Waals surface area contributed by atoms with Gasteiger partial charge in [0.15, 0.2) is 0 Å². The zero-order valence-corrected chi connectivity index (χ0v) is 15.1. The van der Waals surface area contributed by atoms with E-state index in [0.717, 1.165) is 44.6 Å². The Morgan fingerprint density at radius 1 is 0.893 bits per heavy atom. The van der Waals surface area contributed by atoms with E-state index < -0.39 is 0 Å². The van der Waals surface area contributed by atoms with Gasteiger partial charge in [-0.25, -0.2) is 4.98 Å². The summed E-state index contributed by atoms with van der Waals surface area (Å²) in [4.78, 5) is 7.84. The Morgan fingerprint density at radius 2 is 1.75 bits per heavy atom. The Bertz CT molecular complexity index is 1210. The number of aromatic nitrogens is 2. The molecule has 136 valence electrons. The van der Waals surface area contributed by atoms with Crippen molar-refractivity contribution in [2.24, 2.45) is 0 Å². The highest BCUT2D eigenvalue weighted by molar-refractivity contribution is 5.95. The topological polar surface area (TPSA) is 51.0 Å². The van der Waals surface area contributed by atoms with Crippen molar-refractivity contribution in [1.29, 1.82) is 0 Å². The van der Waals surface area contributed by atoms with Crippen LogP contribution in [-0.4, -0.2) is 9.97 Å². The molecule has 1 N–H and O–H groups in total. The Balaban J connectivity index is 1.52. The number of pyridine rings is 1. The lowest BCUT2D eigenvalue weighted by Crippen LogP contribution is -1.97. The lowest BCUT2D eigenvalue weighted by molar-refractivity contribution is 0.307. The van der Waals surface area contributed by atoms with Gasteiger partial charge in [0.05, 0.1) is 12.5 Å². The number of H-pyrrole nitrogens is 1. The second-order valence-corrected chi connectivity index (χ2v) is 6.60. The number of nitrogens with one attached hydrogen (secondary N) is 1. The minimum atomic E-state index is 0.526. The molecule has 28 heavy (non-hydrogen) atoms. The first-order chi connectivity index (χ1) is 13.9. The summed E-state index contributed by atoms with van der Waals surface area (Å²) in [6, 6.07) is 22.3. The van der Waals surface area contributed by atoms with Crippen LogP contribution in [0.15, 0.2) is 96.1 Å². The Labute approximate surface area is 162 Å². The summed E-state index contributed by atoms with van der Waals surface area (Å²) in [6.45, 7) is 0.526. The molecule has 0 spiro atoms. The molecular formula is C24H18N2O2. The molecule has 0 saturated carbocycles. The summed E-state index contributed by atoms with van der Waals surface area (Å²) >= 11 is 0. The fourth-order valence-electron chi connectivity index (χ4n) is 3.37. The Kier molecular flexibility index (Phi) is 4.14. The summed E-state index contributed by atoms with van der Waals surface area (Å²) < 4.78 is 11.4. The maximum atomic E-state index is 6.12. The zero-order valence-electron chi connectivity index (χ0n) is 15.1. The number of hydrogen-bond donors (Lipinski definition) is 1. The number of fused-ring (bicyclic) bond motifs is 1. The molecule has 4 heteroatoms. The number of para-hydroxylation sites is 1. The van der Waals surface area contributed by atoms with Gasteiger partial charge in [0.1, 0.15) is 18.0 Å². The molecule has 4 nitrogen and oxygen atoms in total. The molecule has 5 rings (SSSR count). The van der Waals surface area contributed by atoms with E-state index in [-0.39, 0.29) is 0 Å². The van der Waals surface area contributed by atoms with E-state index in [1.807, 2.05) is 54.9 Å². The quantitative estimate of drug-likeness (QED) is 0.411. The monoisotopic (exact) mass is 366 g/mol. The predicted octanol–water partition coefficient (Wildman–Crippen LogP) is 6.07. The first-order valence-corrected chi connectivity index (χ1v) is 9.14. The highest BCUT2D eigenvalue weighted by Gasteiger charge is 2.12. The number of aromatic amines is 1.